The number of benzene rings is 2. The Labute approximate surface area is 137 Å². The van der Waals surface area contributed by atoms with Gasteiger partial charge in [0, 0.05) is 13.1 Å². The molecule has 1 aliphatic rings. The van der Waals surface area contributed by atoms with Crippen LogP contribution >= 0.6 is 0 Å². The second-order valence-electron chi connectivity index (χ2n) is 5.76. The molecule has 1 atom stereocenters. The van der Waals surface area contributed by atoms with Crippen LogP contribution in [0, 0.1) is 0 Å². The molecule has 1 heterocycles. The lowest BCUT2D eigenvalue weighted by molar-refractivity contribution is 0.0126. The molecule has 23 heavy (non-hydrogen) atoms. The Hall–Kier alpha value is -2.33. The summed E-state index contributed by atoms with van der Waals surface area (Å²) in [5.74, 6) is 0. The highest BCUT2D eigenvalue weighted by atomic mass is 16.5. The maximum Gasteiger partial charge on any atom is 0.318 e. The van der Waals surface area contributed by atoms with Crippen molar-refractivity contribution in [3.63, 3.8) is 0 Å². The van der Waals surface area contributed by atoms with Crippen LogP contribution in [0.3, 0.4) is 0 Å². The number of morpholine rings is 1. The van der Waals surface area contributed by atoms with Crippen LogP contribution in [0.15, 0.2) is 60.7 Å². The van der Waals surface area contributed by atoms with Crippen molar-refractivity contribution >= 4 is 6.03 Å². The van der Waals surface area contributed by atoms with Crippen molar-refractivity contribution in [2.75, 3.05) is 19.8 Å². The molecule has 0 radical (unpaired) electrons. The fourth-order valence-electron chi connectivity index (χ4n) is 2.85. The van der Waals surface area contributed by atoms with Crippen LogP contribution in [0.2, 0.25) is 0 Å². The SMILES string of the molecule is O=C(NCc1ccccc1)N1CCOCC1Cc1ccccc1. The number of hydrogen-bond donors (Lipinski definition) is 1. The summed E-state index contributed by atoms with van der Waals surface area (Å²) in [4.78, 5) is 14.4. The van der Waals surface area contributed by atoms with Gasteiger partial charge in [-0.05, 0) is 17.5 Å². The number of urea groups is 1. The van der Waals surface area contributed by atoms with Crippen LogP contribution in [0.5, 0.6) is 0 Å². The number of hydrogen-bond acceptors (Lipinski definition) is 2. The van der Waals surface area contributed by atoms with Gasteiger partial charge in [-0.25, -0.2) is 4.79 Å². The first-order chi connectivity index (χ1) is 11.3. The normalized spacial score (nSPS) is 17.7. The van der Waals surface area contributed by atoms with Crippen molar-refractivity contribution < 1.29 is 9.53 Å². The minimum atomic E-state index is -0.0157. The van der Waals surface area contributed by atoms with E-state index < -0.39 is 0 Å². The molecule has 0 aliphatic carbocycles. The van der Waals surface area contributed by atoms with Gasteiger partial charge >= 0.3 is 6.03 Å². The van der Waals surface area contributed by atoms with E-state index in [1.54, 1.807) is 0 Å². The van der Waals surface area contributed by atoms with E-state index in [9.17, 15) is 4.79 Å². The Morgan fingerprint density at radius 3 is 2.39 bits per heavy atom. The number of carbonyl (C=O) groups excluding carboxylic acids is 1. The molecule has 4 nitrogen and oxygen atoms in total. The van der Waals surface area contributed by atoms with Crippen LogP contribution < -0.4 is 5.32 Å². The summed E-state index contributed by atoms with van der Waals surface area (Å²) in [6, 6.07) is 20.3. The van der Waals surface area contributed by atoms with Crippen molar-refractivity contribution in [2.45, 2.75) is 19.0 Å². The molecule has 1 saturated heterocycles. The first-order valence-corrected chi connectivity index (χ1v) is 8.03. The molecular formula is C19H22N2O2. The van der Waals surface area contributed by atoms with Crippen molar-refractivity contribution in [3.05, 3.63) is 71.8 Å². The van der Waals surface area contributed by atoms with Gasteiger partial charge in [0.05, 0.1) is 19.3 Å². The maximum atomic E-state index is 12.5. The van der Waals surface area contributed by atoms with Gasteiger partial charge in [0.1, 0.15) is 0 Å². The van der Waals surface area contributed by atoms with E-state index >= 15 is 0 Å². The second kappa shape index (κ2) is 7.79. The van der Waals surface area contributed by atoms with E-state index in [2.05, 4.69) is 17.4 Å². The van der Waals surface area contributed by atoms with Crippen molar-refractivity contribution in [2.24, 2.45) is 0 Å². The molecule has 1 N–H and O–H groups in total. The molecule has 0 saturated carbocycles. The number of amides is 2. The largest absolute Gasteiger partial charge is 0.377 e. The van der Waals surface area contributed by atoms with E-state index in [0.29, 0.717) is 26.3 Å². The van der Waals surface area contributed by atoms with E-state index in [4.69, 9.17) is 4.74 Å². The molecule has 2 aromatic rings. The molecule has 0 bridgehead atoms. The summed E-state index contributed by atoms with van der Waals surface area (Å²) in [7, 11) is 0. The predicted octanol–water partition coefficient (Wildman–Crippen LogP) is 2.84. The molecule has 1 fully saturated rings. The van der Waals surface area contributed by atoms with Gasteiger partial charge in [0.15, 0.2) is 0 Å². The first kappa shape index (κ1) is 15.6. The predicted molar refractivity (Wildman–Crippen MR) is 90.1 cm³/mol. The summed E-state index contributed by atoms with van der Waals surface area (Å²) in [5.41, 5.74) is 2.33. The zero-order valence-corrected chi connectivity index (χ0v) is 13.2. The summed E-state index contributed by atoms with van der Waals surface area (Å²) >= 11 is 0. The summed E-state index contributed by atoms with van der Waals surface area (Å²) < 4.78 is 5.58. The second-order valence-corrected chi connectivity index (χ2v) is 5.76. The third kappa shape index (κ3) is 4.33. The quantitative estimate of drug-likeness (QED) is 0.943. The molecule has 3 rings (SSSR count). The standard InChI is InChI=1S/C19H22N2O2/c22-19(20-14-17-9-5-2-6-10-17)21-11-12-23-15-18(21)13-16-7-3-1-4-8-16/h1-10,18H,11-15H2,(H,20,22). The molecule has 2 amide bonds. The maximum absolute atomic E-state index is 12.5. The molecule has 0 aromatic heterocycles. The number of ether oxygens (including phenoxy) is 1. The number of nitrogens with one attached hydrogen (secondary N) is 1. The topological polar surface area (TPSA) is 41.6 Å². The fourth-order valence-corrected chi connectivity index (χ4v) is 2.85. The first-order valence-electron chi connectivity index (χ1n) is 8.03. The molecule has 2 aromatic carbocycles. The van der Waals surface area contributed by atoms with Crippen LogP contribution in [0.4, 0.5) is 4.79 Å². The van der Waals surface area contributed by atoms with Gasteiger partial charge in [0.25, 0.3) is 0 Å². The highest BCUT2D eigenvalue weighted by molar-refractivity contribution is 5.74. The molecule has 4 heteroatoms. The Morgan fingerprint density at radius 2 is 1.70 bits per heavy atom. The van der Waals surface area contributed by atoms with Crippen LogP contribution in [0.25, 0.3) is 0 Å². The van der Waals surface area contributed by atoms with Gasteiger partial charge in [-0.2, -0.15) is 0 Å². The van der Waals surface area contributed by atoms with E-state index in [1.807, 2.05) is 53.4 Å². The summed E-state index contributed by atoms with van der Waals surface area (Å²) in [6.07, 6.45) is 0.819. The number of carbonyl (C=O) groups is 1. The van der Waals surface area contributed by atoms with Crippen LogP contribution in [-0.2, 0) is 17.7 Å². The lowest BCUT2D eigenvalue weighted by Crippen LogP contribution is -2.53. The van der Waals surface area contributed by atoms with Crippen LogP contribution in [-0.4, -0.2) is 36.7 Å². The van der Waals surface area contributed by atoms with Gasteiger partial charge in [0.2, 0.25) is 0 Å². The Balaban J connectivity index is 1.60. The van der Waals surface area contributed by atoms with Gasteiger partial charge < -0.3 is 15.0 Å². The minimum Gasteiger partial charge on any atom is -0.377 e. The third-order valence-corrected chi connectivity index (χ3v) is 4.09. The van der Waals surface area contributed by atoms with Crippen LogP contribution in [0.1, 0.15) is 11.1 Å². The minimum absolute atomic E-state index is 0.0157. The molecular weight excluding hydrogens is 288 g/mol. The smallest absolute Gasteiger partial charge is 0.318 e. The Morgan fingerprint density at radius 1 is 1.04 bits per heavy atom. The monoisotopic (exact) mass is 310 g/mol. The molecule has 1 unspecified atom stereocenters. The van der Waals surface area contributed by atoms with Gasteiger partial charge in [-0.15, -0.1) is 0 Å². The fraction of sp³-hybridized carbons (Fsp3) is 0.316. The van der Waals surface area contributed by atoms with E-state index in [-0.39, 0.29) is 12.1 Å². The highest BCUT2D eigenvalue weighted by Gasteiger charge is 2.27. The van der Waals surface area contributed by atoms with Crippen molar-refractivity contribution in [3.8, 4) is 0 Å². The molecule has 120 valence electrons. The molecule has 0 spiro atoms. The summed E-state index contributed by atoms with van der Waals surface area (Å²) in [5, 5.41) is 3.02. The highest BCUT2D eigenvalue weighted by Crippen LogP contribution is 2.13. The average Bonchev–Trinajstić information content (AvgIpc) is 2.62. The summed E-state index contributed by atoms with van der Waals surface area (Å²) in [6.45, 7) is 2.38. The third-order valence-electron chi connectivity index (χ3n) is 4.09. The van der Waals surface area contributed by atoms with Crippen molar-refractivity contribution in [1.82, 2.24) is 10.2 Å². The average molecular weight is 310 g/mol. The lowest BCUT2D eigenvalue weighted by atomic mass is 10.0. The van der Waals surface area contributed by atoms with Gasteiger partial charge in [-0.3, -0.25) is 0 Å². The Kier molecular flexibility index (Phi) is 5.27. The number of nitrogens with zero attached hydrogens (tertiary/aromatic N) is 1. The zero-order valence-electron chi connectivity index (χ0n) is 13.2. The van der Waals surface area contributed by atoms with E-state index in [1.165, 1.54) is 5.56 Å². The van der Waals surface area contributed by atoms with Crippen molar-refractivity contribution in [1.29, 1.82) is 0 Å². The van der Waals surface area contributed by atoms with Gasteiger partial charge in [-0.1, -0.05) is 60.7 Å². The Bertz CT molecular complexity index is 616. The molecule has 1 aliphatic heterocycles. The lowest BCUT2D eigenvalue weighted by Gasteiger charge is -2.35. The number of rotatable bonds is 4. The van der Waals surface area contributed by atoms with E-state index in [0.717, 1.165) is 12.0 Å². The zero-order chi connectivity index (χ0) is 15.9.